The molecule has 29 heavy (non-hydrogen) atoms. The second kappa shape index (κ2) is 8.18. The van der Waals surface area contributed by atoms with Crippen molar-refractivity contribution in [2.24, 2.45) is 4.99 Å². The number of carbonyl (C=O) groups excluding carboxylic acids is 1. The highest BCUT2D eigenvalue weighted by Gasteiger charge is 2.26. The van der Waals surface area contributed by atoms with Crippen molar-refractivity contribution in [1.29, 1.82) is 0 Å². The summed E-state index contributed by atoms with van der Waals surface area (Å²) in [5.41, 5.74) is 5.00. The number of carbonyl (C=O) groups is 1. The molecule has 3 nitrogen and oxygen atoms in total. The van der Waals surface area contributed by atoms with Gasteiger partial charge in [-0.15, -0.1) is 0 Å². The molecule has 1 N–H and O–H groups in total. The molecule has 1 heterocycles. The van der Waals surface area contributed by atoms with Crippen LogP contribution < -0.4 is 5.32 Å². The first-order valence-corrected chi connectivity index (χ1v) is 9.93. The first kappa shape index (κ1) is 19.3. The van der Waals surface area contributed by atoms with Gasteiger partial charge in [-0.3, -0.25) is 9.79 Å². The third-order valence-corrected chi connectivity index (χ3v) is 5.26. The summed E-state index contributed by atoms with van der Waals surface area (Å²) in [6.45, 7) is 2.10. The number of rotatable bonds is 4. The maximum Gasteiger partial charge on any atom is 0.249 e. The van der Waals surface area contributed by atoms with Crippen molar-refractivity contribution in [3.05, 3.63) is 99.8 Å². The predicted molar refractivity (Wildman–Crippen MR) is 115 cm³/mol. The number of amides is 1. The normalized spacial score (nSPS) is 15.9. The highest BCUT2D eigenvalue weighted by molar-refractivity contribution is 6.32. The van der Waals surface area contributed by atoms with Gasteiger partial charge in [-0.1, -0.05) is 42.8 Å². The summed E-state index contributed by atoms with van der Waals surface area (Å²) < 4.78 is 13.5. The number of aryl methyl sites for hydroxylation is 1. The summed E-state index contributed by atoms with van der Waals surface area (Å²) in [5, 5.41) is 3.52. The van der Waals surface area contributed by atoms with Crippen LogP contribution in [0.3, 0.4) is 0 Å². The van der Waals surface area contributed by atoms with Crippen molar-refractivity contribution >= 4 is 28.9 Å². The smallest absolute Gasteiger partial charge is 0.249 e. The number of benzodiazepines with no additional fused rings is 1. The van der Waals surface area contributed by atoms with E-state index in [0.29, 0.717) is 22.8 Å². The molecular formula is C24H20ClFN2O. The molecule has 1 aliphatic rings. The van der Waals surface area contributed by atoms with Gasteiger partial charge in [0.05, 0.1) is 11.4 Å². The maximum atomic E-state index is 13.5. The van der Waals surface area contributed by atoms with Gasteiger partial charge in [0.15, 0.2) is 0 Å². The molecule has 0 bridgehead atoms. The lowest BCUT2D eigenvalue weighted by Crippen LogP contribution is -2.27. The molecule has 0 radical (unpaired) electrons. The molecule has 146 valence electrons. The topological polar surface area (TPSA) is 41.5 Å². The summed E-state index contributed by atoms with van der Waals surface area (Å²) in [4.78, 5) is 17.8. The van der Waals surface area contributed by atoms with Crippen LogP contribution in [0.5, 0.6) is 0 Å². The molecule has 0 saturated carbocycles. The Hall–Kier alpha value is -2.98. The second-order valence-electron chi connectivity index (χ2n) is 7.06. The summed E-state index contributed by atoms with van der Waals surface area (Å²) in [6.07, 6.45) is 1.41. The number of hydrogen-bond acceptors (Lipinski definition) is 2. The number of fused-ring (bicyclic) bond motifs is 1. The van der Waals surface area contributed by atoms with Crippen molar-refractivity contribution < 1.29 is 9.18 Å². The molecule has 0 spiro atoms. The number of aliphatic imine (C=N–C) groups is 1. The molecule has 1 unspecified atom stereocenters. The molecule has 1 atom stereocenters. The SMILES string of the molecule is CCc1cccc(CC2N=C(c3ccc(F)cc3)c3cc(Cl)ccc3NC2=O)c1. The van der Waals surface area contributed by atoms with E-state index in [1.807, 2.05) is 12.1 Å². The minimum atomic E-state index is -0.603. The van der Waals surface area contributed by atoms with Crippen LogP contribution in [-0.4, -0.2) is 17.7 Å². The van der Waals surface area contributed by atoms with Crippen LogP contribution in [0.25, 0.3) is 0 Å². The Morgan fingerprint density at radius 3 is 2.55 bits per heavy atom. The van der Waals surface area contributed by atoms with E-state index in [9.17, 15) is 9.18 Å². The van der Waals surface area contributed by atoms with Crippen LogP contribution >= 0.6 is 11.6 Å². The van der Waals surface area contributed by atoms with Gasteiger partial charge in [-0.05, 0) is 60.0 Å². The third kappa shape index (κ3) is 4.22. The number of nitrogens with one attached hydrogen (secondary N) is 1. The number of benzene rings is 3. The van der Waals surface area contributed by atoms with Gasteiger partial charge in [0.1, 0.15) is 11.9 Å². The van der Waals surface area contributed by atoms with Gasteiger partial charge in [-0.2, -0.15) is 0 Å². The van der Waals surface area contributed by atoms with Crippen molar-refractivity contribution in [2.45, 2.75) is 25.8 Å². The van der Waals surface area contributed by atoms with E-state index in [4.69, 9.17) is 16.6 Å². The fourth-order valence-electron chi connectivity index (χ4n) is 3.50. The highest BCUT2D eigenvalue weighted by atomic mass is 35.5. The van der Waals surface area contributed by atoms with Gasteiger partial charge in [0, 0.05) is 22.6 Å². The Morgan fingerprint density at radius 1 is 1.03 bits per heavy atom. The van der Waals surface area contributed by atoms with Gasteiger partial charge in [0.25, 0.3) is 0 Å². The molecular weight excluding hydrogens is 387 g/mol. The first-order chi connectivity index (χ1) is 14.0. The van der Waals surface area contributed by atoms with Crippen LogP contribution in [0, 0.1) is 5.82 Å². The second-order valence-corrected chi connectivity index (χ2v) is 7.49. The van der Waals surface area contributed by atoms with Crippen LogP contribution in [-0.2, 0) is 17.6 Å². The quantitative estimate of drug-likeness (QED) is 0.615. The Kier molecular flexibility index (Phi) is 5.45. The van der Waals surface area contributed by atoms with E-state index in [-0.39, 0.29) is 11.7 Å². The molecule has 0 fully saturated rings. The van der Waals surface area contributed by atoms with Gasteiger partial charge < -0.3 is 5.32 Å². The molecule has 5 heteroatoms. The lowest BCUT2D eigenvalue weighted by molar-refractivity contribution is -0.117. The zero-order valence-corrected chi connectivity index (χ0v) is 16.7. The van der Waals surface area contributed by atoms with E-state index in [2.05, 4.69) is 24.4 Å². The fraction of sp³-hybridized carbons (Fsp3) is 0.167. The van der Waals surface area contributed by atoms with E-state index in [1.54, 1.807) is 30.3 Å². The van der Waals surface area contributed by atoms with Gasteiger partial charge in [-0.25, -0.2) is 4.39 Å². The monoisotopic (exact) mass is 406 g/mol. The van der Waals surface area contributed by atoms with Crippen LogP contribution in [0.4, 0.5) is 10.1 Å². The average molecular weight is 407 g/mol. The van der Waals surface area contributed by atoms with E-state index < -0.39 is 6.04 Å². The number of halogens is 2. The maximum absolute atomic E-state index is 13.5. The molecule has 4 rings (SSSR count). The molecule has 0 aromatic heterocycles. The average Bonchev–Trinajstić information content (AvgIpc) is 2.85. The van der Waals surface area contributed by atoms with E-state index >= 15 is 0 Å². The zero-order chi connectivity index (χ0) is 20.4. The molecule has 0 saturated heterocycles. The van der Waals surface area contributed by atoms with Gasteiger partial charge in [0.2, 0.25) is 5.91 Å². The zero-order valence-electron chi connectivity index (χ0n) is 16.0. The van der Waals surface area contributed by atoms with Crippen molar-refractivity contribution in [2.75, 3.05) is 5.32 Å². The van der Waals surface area contributed by atoms with Crippen molar-refractivity contribution in [1.82, 2.24) is 0 Å². The van der Waals surface area contributed by atoms with Gasteiger partial charge >= 0.3 is 0 Å². The molecule has 0 aliphatic carbocycles. The molecule has 3 aromatic rings. The molecule has 1 aliphatic heterocycles. The third-order valence-electron chi connectivity index (χ3n) is 5.03. The Labute approximate surface area is 174 Å². The lowest BCUT2D eigenvalue weighted by Gasteiger charge is -2.12. The largest absolute Gasteiger partial charge is 0.324 e. The van der Waals surface area contributed by atoms with Crippen molar-refractivity contribution in [3.63, 3.8) is 0 Å². The molecule has 3 aromatic carbocycles. The van der Waals surface area contributed by atoms with Crippen LogP contribution in [0.15, 0.2) is 71.7 Å². The Balaban J connectivity index is 1.80. The lowest BCUT2D eigenvalue weighted by atomic mass is 10.00. The minimum Gasteiger partial charge on any atom is -0.324 e. The van der Waals surface area contributed by atoms with Crippen molar-refractivity contribution in [3.8, 4) is 0 Å². The summed E-state index contributed by atoms with van der Waals surface area (Å²) in [5.74, 6) is -0.496. The summed E-state index contributed by atoms with van der Waals surface area (Å²) in [6, 6.07) is 19.0. The number of anilines is 1. The Bertz CT molecular complexity index is 1090. The number of hydrogen-bond donors (Lipinski definition) is 1. The highest BCUT2D eigenvalue weighted by Crippen LogP contribution is 2.28. The summed E-state index contributed by atoms with van der Waals surface area (Å²) in [7, 11) is 0. The van der Waals surface area contributed by atoms with Crippen LogP contribution in [0.1, 0.15) is 29.2 Å². The Morgan fingerprint density at radius 2 is 1.79 bits per heavy atom. The van der Waals surface area contributed by atoms with Crippen LogP contribution in [0.2, 0.25) is 5.02 Å². The summed E-state index contributed by atoms with van der Waals surface area (Å²) >= 11 is 6.22. The minimum absolute atomic E-state index is 0.174. The first-order valence-electron chi connectivity index (χ1n) is 9.56. The van der Waals surface area contributed by atoms with E-state index in [1.165, 1.54) is 17.7 Å². The fourth-order valence-corrected chi connectivity index (χ4v) is 3.67. The standard InChI is InChI=1S/C24H20ClFN2O/c1-2-15-4-3-5-16(12-15)13-22-24(29)28-21-11-8-18(25)14-20(21)23(27-22)17-6-9-19(26)10-7-17/h3-12,14,22H,2,13H2,1H3,(H,28,29). The molecule has 1 amide bonds. The predicted octanol–water partition coefficient (Wildman–Crippen LogP) is 5.44. The number of nitrogens with zero attached hydrogens (tertiary/aromatic N) is 1. The van der Waals surface area contributed by atoms with E-state index in [0.717, 1.165) is 23.1 Å².